The molecule has 1 aromatic carbocycles. The predicted molar refractivity (Wildman–Crippen MR) is 122 cm³/mol. The van der Waals surface area contributed by atoms with Crippen LogP contribution >= 0.6 is 23.1 Å². The predicted octanol–water partition coefficient (Wildman–Crippen LogP) is 4.24. The van der Waals surface area contributed by atoms with Gasteiger partial charge in [0, 0.05) is 29.9 Å². The fraction of sp³-hybridized carbons (Fsp3) is 0.500. The van der Waals surface area contributed by atoms with Crippen LogP contribution in [0.25, 0.3) is 20.8 Å². The minimum atomic E-state index is -4.51. The summed E-state index contributed by atoms with van der Waals surface area (Å²) in [7, 11) is 3.57. The van der Waals surface area contributed by atoms with Crippen molar-refractivity contribution in [3.63, 3.8) is 0 Å². The lowest BCUT2D eigenvalue weighted by atomic mass is 10.0. The summed E-state index contributed by atoms with van der Waals surface area (Å²) in [5, 5.41) is 10.4. The zero-order valence-corrected chi connectivity index (χ0v) is 19.6. The largest absolute Gasteiger partial charge is 0.446 e. The van der Waals surface area contributed by atoms with Crippen LogP contribution in [-0.2, 0) is 0 Å². The molecule has 0 amide bonds. The smallest absolute Gasteiger partial charge is 0.378 e. The van der Waals surface area contributed by atoms with Crippen molar-refractivity contribution in [3.8, 4) is 10.7 Å². The van der Waals surface area contributed by atoms with Crippen molar-refractivity contribution >= 4 is 38.9 Å². The maximum atomic E-state index is 14.6. The van der Waals surface area contributed by atoms with Crippen LogP contribution in [-0.4, -0.2) is 66.5 Å². The molecule has 180 valence electrons. The van der Waals surface area contributed by atoms with Crippen molar-refractivity contribution in [2.45, 2.75) is 35.1 Å². The number of alkyl halides is 4. The summed E-state index contributed by atoms with van der Waals surface area (Å²) >= 11 is 0.894. The van der Waals surface area contributed by atoms with Crippen LogP contribution in [0, 0.1) is 0 Å². The maximum absolute atomic E-state index is 14.6. The third kappa shape index (κ3) is 5.43. The summed E-state index contributed by atoms with van der Waals surface area (Å²) in [6, 6.07) is 4.01. The van der Waals surface area contributed by atoms with E-state index in [0.29, 0.717) is 35.3 Å². The average molecular weight is 505 g/mol. The molecule has 0 saturated carbocycles. The zero-order chi connectivity index (χ0) is 23.8. The molecule has 3 atom stereocenters. The number of thiophene rings is 1. The number of hydrogen-bond acceptors (Lipinski definition) is 9. The molecule has 1 aliphatic rings. The molecule has 13 heteroatoms. The van der Waals surface area contributed by atoms with Crippen LogP contribution < -0.4 is 16.4 Å². The summed E-state index contributed by atoms with van der Waals surface area (Å²) in [4.78, 5) is 6.38. The number of benzene rings is 1. The number of rotatable bonds is 7. The Labute approximate surface area is 196 Å². The molecule has 7 nitrogen and oxygen atoms in total. The fourth-order valence-corrected chi connectivity index (χ4v) is 5.89. The zero-order valence-electron chi connectivity index (χ0n) is 17.9. The van der Waals surface area contributed by atoms with Gasteiger partial charge < -0.3 is 25.8 Å². The molecule has 0 bridgehead atoms. The lowest BCUT2D eigenvalue weighted by molar-refractivity contribution is -0.0327. The Morgan fingerprint density at radius 3 is 2.88 bits per heavy atom. The second-order valence-electron chi connectivity index (χ2n) is 7.93. The molecule has 3 aromatic rings. The van der Waals surface area contributed by atoms with Crippen molar-refractivity contribution in [3.05, 3.63) is 24.1 Å². The fourth-order valence-electron chi connectivity index (χ4n) is 3.78. The summed E-state index contributed by atoms with van der Waals surface area (Å²) in [6.45, 7) is 1.40. The number of piperidine rings is 1. The maximum Gasteiger partial charge on any atom is 0.446 e. The third-order valence-electron chi connectivity index (χ3n) is 5.36. The first kappa shape index (κ1) is 24.2. The van der Waals surface area contributed by atoms with Crippen molar-refractivity contribution < 1.29 is 22.1 Å². The van der Waals surface area contributed by atoms with E-state index in [1.54, 1.807) is 25.2 Å². The van der Waals surface area contributed by atoms with Gasteiger partial charge in [-0.2, -0.15) is 18.2 Å². The molecule has 0 aliphatic carbocycles. The monoisotopic (exact) mass is 504 g/mol. The van der Waals surface area contributed by atoms with E-state index in [4.69, 9.17) is 10.3 Å². The second-order valence-corrected chi connectivity index (χ2v) is 10.0. The molecule has 1 aliphatic heterocycles. The molecule has 1 saturated heterocycles. The molecular formula is C20H24F4N6OS2. The van der Waals surface area contributed by atoms with Gasteiger partial charge in [-0.05, 0) is 38.3 Å². The van der Waals surface area contributed by atoms with Gasteiger partial charge in [0.05, 0.1) is 27.3 Å². The van der Waals surface area contributed by atoms with Crippen molar-refractivity contribution in [2.24, 2.45) is 5.73 Å². The average Bonchev–Trinajstić information content (AvgIpc) is 3.35. The van der Waals surface area contributed by atoms with E-state index >= 15 is 0 Å². The van der Waals surface area contributed by atoms with Crippen LogP contribution in [0.5, 0.6) is 0 Å². The summed E-state index contributed by atoms with van der Waals surface area (Å²) < 4.78 is 60.7. The van der Waals surface area contributed by atoms with Gasteiger partial charge in [-0.3, -0.25) is 0 Å². The summed E-state index contributed by atoms with van der Waals surface area (Å²) in [5.74, 6) is 0.169. The molecule has 3 heterocycles. The van der Waals surface area contributed by atoms with Crippen LogP contribution in [0.4, 0.5) is 23.2 Å². The van der Waals surface area contributed by atoms with Gasteiger partial charge in [0.2, 0.25) is 11.7 Å². The van der Waals surface area contributed by atoms with Gasteiger partial charge in [-0.1, -0.05) is 17.3 Å². The number of hydrogen-bond donors (Lipinski definition) is 3. The Bertz CT molecular complexity index is 1100. The number of halogens is 4. The van der Waals surface area contributed by atoms with Gasteiger partial charge in [0.15, 0.2) is 0 Å². The molecular weight excluding hydrogens is 480 g/mol. The first-order valence-electron chi connectivity index (χ1n) is 10.3. The van der Waals surface area contributed by atoms with Crippen LogP contribution in [0.1, 0.15) is 18.4 Å². The lowest BCUT2D eigenvalue weighted by Gasteiger charge is -2.33. The van der Waals surface area contributed by atoms with E-state index in [0.717, 1.165) is 17.9 Å². The minimum Gasteiger partial charge on any atom is -0.378 e. The number of fused-ring (bicyclic) bond motifs is 1. The van der Waals surface area contributed by atoms with Gasteiger partial charge in [0.25, 0.3) is 0 Å². The lowest BCUT2D eigenvalue weighted by Crippen LogP contribution is -2.46. The van der Waals surface area contributed by atoms with Crippen LogP contribution in [0.15, 0.2) is 27.6 Å². The van der Waals surface area contributed by atoms with Crippen molar-refractivity contribution in [1.82, 2.24) is 20.4 Å². The molecule has 4 rings (SSSR count). The highest BCUT2D eigenvalue weighted by molar-refractivity contribution is 8.00. The number of likely N-dealkylation sites (tertiary alicyclic amines) is 1. The Balaban J connectivity index is 1.75. The van der Waals surface area contributed by atoms with E-state index in [1.165, 1.54) is 0 Å². The number of nitrogens with zero attached hydrogens (tertiary/aromatic N) is 3. The Hall–Kier alpha value is -1.93. The normalized spacial score (nSPS) is 20.9. The van der Waals surface area contributed by atoms with Crippen molar-refractivity contribution in [2.75, 3.05) is 39.0 Å². The molecule has 1 fully saturated rings. The van der Waals surface area contributed by atoms with Crippen molar-refractivity contribution in [1.29, 1.82) is 0 Å². The standard InChI is InChI=1S/C20H24F4N6OS2/c1-26-8-12(25)19-28-18(29-31-19)17-16(33-20(22,23)24)10-4-3-5-14(15(10)32-17)27-13-6-7-30(2)9-11(13)21/h3-5,11-13,26-27H,6-9,25H2,1-2H3. The first-order chi connectivity index (χ1) is 15.7. The number of likely N-dealkylation sites (N-methyl/N-ethyl adjacent to an activating group) is 1. The molecule has 3 unspecified atom stereocenters. The Morgan fingerprint density at radius 2 is 2.18 bits per heavy atom. The number of nitrogens with one attached hydrogen (secondary N) is 2. The third-order valence-corrected chi connectivity index (χ3v) is 7.58. The number of nitrogens with two attached hydrogens (primary N) is 1. The minimum absolute atomic E-state index is 0.0131. The number of aromatic nitrogens is 2. The summed E-state index contributed by atoms with van der Waals surface area (Å²) in [6.07, 6.45) is -0.496. The number of anilines is 1. The molecule has 2 aromatic heterocycles. The highest BCUT2D eigenvalue weighted by Gasteiger charge is 2.35. The van der Waals surface area contributed by atoms with E-state index in [2.05, 4.69) is 20.8 Å². The van der Waals surface area contributed by atoms with E-state index < -0.39 is 23.8 Å². The molecule has 0 spiro atoms. The van der Waals surface area contributed by atoms with E-state index in [-0.39, 0.29) is 33.2 Å². The molecule has 0 radical (unpaired) electrons. The van der Waals surface area contributed by atoms with Crippen LogP contribution in [0.3, 0.4) is 0 Å². The van der Waals surface area contributed by atoms with Gasteiger partial charge in [-0.25, -0.2) is 4.39 Å². The van der Waals surface area contributed by atoms with E-state index in [9.17, 15) is 17.6 Å². The number of thioether (sulfide) groups is 1. The topological polar surface area (TPSA) is 92.2 Å². The SMILES string of the molecule is CNCC(N)c1nc(-c2sc3c(NC4CCN(C)CC4F)cccc3c2SC(F)(F)F)no1. The Kier molecular flexibility index (Phi) is 7.15. The van der Waals surface area contributed by atoms with Gasteiger partial charge in [-0.15, -0.1) is 11.3 Å². The second kappa shape index (κ2) is 9.74. The first-order valence-corrected chi connectivity index (χ1v) is 11.9. The van der Waals surface area contributed by atoms with E-state index in [1.807, 2.05) is 11.9 Å². The molecule has 33 heavy (non-hydrogen) atoms. The molecule has 4 N–H and O–H groups in total. The quantitative estimate of drug-likeness (QED) is 0.325. The highest BCUT2D eigenvalue weighted by Crippen LogP contribution is 2.50. The van der Waals surface area contributed by atoms with Crippen LogP contribution in [0.2, 0.25) is 0 Å². The van der Waals surface area contributed by atoms with Gasteiger partial charge in [0.1, 0.15) is 6.17 Å². The highest BCUT2D eigenvalue weighted by atomic mass is 32.2. The Morgan fingerprint density at radius 1 is 1.39 bits per heavy atom. The van der Waals surface area contributed by atoms with Gasteiger partial charge >= 0.3 is 5.51 Å². The summed E-state index contributed by atoms with van der Waals surface area (Å²) in [5.41, 5.74) is 2.04.